The third-order valence-electron chi connectivity index (χ3n) is 2.28. The van der Waals surface area contributed by atoms with Crippen LogP contribution >= 0.6 is 0 Å². The van der Waals surface area contributed by atoms with Gasteiger partial charge in [0, 0.05) is 6.54 Å². The molecule has 0 aliphatic carbocycles. The van der Waals surface area contributed by atoms with E-state index in [0.717, 1.165) is 10.4 Å². The number of benzene rings is 1. The summed E-state index contributed by atoms with van der Waals surface area (Å²) in [4.78, 5) is 10.2. The summed E-state index contributed by atoms with van der Waals surface area (Å²) in [5.41, 5.74) is 10.2. The molecule has 0 radical (unpaired) electrons. The molecule has 4 N–H and O–H groups in total. The van der Waals surface area contributed by atoms with Crippen molar-refractivity contribution in [3.63, 3.8) is 0 Å². The van der Waals surface area contributed by atoms with Gasteiger partial charge in [-0.3, -0.25) is 4.79 Å². The van der Waals surface area contributed by atoms with Crippen molar-refractivity contribution in [3.8, 4) is 0 Å². The smallest absolute Gasteiger partial charge is 0.248 e. The van der Waals surface area contributed by atoms with Crippen LogP contribution in [-0.4, -0.2) is 31.7 Å². The minimum atomic E-state index is -4.18. The van der Waals surface area contributed by atoms with E-state index in [2.05, 4.69) is 0 Å². The lowest BCUT2D eigenvalue weighted by Gasteiger charge is -2.20. The Morgan fingerprint density at radius 1 is 1.44 bits per heavy atom. The molecule has 8 heteroatoms. The van der Waals surface area contributed by atoms with E-state index in [1.165, 1.54) is 19.1 Å². The number of amides is 1. The van der Waals surface area contributed by atoms with Crippen molar-refractivity contribution in [1.29, 1.82) is 0 Å². The second-order valence-corrected chi connectivity index (χ2v) is 5.43. The zero-order chi connectivity index (χ0) is 13.9. The fourth-order valence-corrected chi connectivity index (χ4v) is 3.04. The van der Waals surface area contributed by atoms with Crippen LogP contribution in [0.3, 0.4) is 0 Å². The molecular formula is C10H14FN3O3S. The van der Waals surface area contributed by atoms with Gasteiger partial charge >= 0.3 is 0 Å². The molecule has 0 heterocycles. The summed E-state index contributed by atoms with van der Waals surface area (Å²) < 4.78 is 38.6. The lowest BCUT2D eigenvalue weighted by Crippen LogP contribution is -2.38. The van der Waals surface area contributed by atoms with Gasteiger partial charge in [0.1, 0.15) is 10.7 Å². The van der Waals surface area contributed by atoms with Crippen LogP contribution < -0.4 is 11.5 Å². The van der Waals surface area contributed by atoms with Gasteiger partial charge in [-0.15, -0.1) is 0 Å². The van der Waals surface area contributed by atoms with Gasteiger partial charge in [-0.2, -0.15) is 4.31 Å². The minimum Gasteiger partial charge on any atom is -0.398 e. The van der Waals surface area contributed by atoms with E-state index < -0.39 is 33.2 Å². The van der Waals surface area contributed by atoms with Crippen molar-refractivity contribution < 1.29 is 17.6 Å². The maximum atomic E-state index is 13.6. The summed E-state index contributed by atoms with van der Waals surface area (Å²) in [6.45, 7) is 0.975. The van der Waals surface area contributed by atoms with Gasteiger partial charge in [0.2, 0.25) is 15.9 Å². The first-order valence-corrected chi connectivity index (χ1v) is 6.57. The summed E-state index contributed by atoms with van der Waals surface area (Å²) in [5.74, 6) is -1.78. The average molecular weight is 275 g/mol. The number of nitrogen functional groups attached to an aromatic ring is 1. The molecule has 1 amide bonds. The van der Waals surface area contributed by atoms with E-state index in [4.69, 9.17) is 11.5 Å². The van der Waals surface area contributed by atoms with Gasteiger partial charge in [-0.1, -0.05) is 13.0 Å². The number of carbonyl (C=O) groups is 1. The van der Waals surface area contributed by atoms with Gasteiger partial charge in [0.25, 0.3) is 0 Å². The molecule has 0 saturated carbocycles. The van der Waals surface area contributed by atoms with Crippen molar-refractivity contribution in [2.75, 3.05) is 18.8 Å². The highest BCUT2D eigenvalue weighted by Gasteiger charge is 2.29. The minimum absolute atomic E-state index is 0.0148. The van der Waals surface area contributed by atoms with Gasteiger partial charge < -0.3 is 11.5 Å². The number of likely N-dealkylation sites (N-methyl/N-ethyl adjacent to an activating group) is 1. The molecular weight excluding hydrogens is 261 g/mol. The zero-order valence-corrected chi connectivity index (χ0v) is 10.6. The van der Waals surface area contributed by atoms with Crippen LogP contribution in [0.25, 0.3) is 0 Å². The summed E-state index contributed by atoms with van der Waals surface area (Å²) in [5, 5.41) is 0. The molecule has 0 unspecified atom stereocenters. The SMILES string of the molecule is CCN(CC(N)=O)S(=O)(=O)c1c(N)cccc1F. The van der Waals surface area contributed by atoms with Crippen LogP contribution in [0.4, 0.5) is 10.1 Å². The van der Waals surface area contributed by atoms with Gasteiger partial charge in [0.15, 0.2) is 0 Å². The molecule has 0 saturated heterocycles. The Morgan fingerprint density at radius 2 is 2.06 bits per heavy atom. The Balaban J connectivity index is 3.32. The van der Waals surface area contributed by atoms with E-state index in [9.17, 15) is 17.6 Å². The number of rotatable bonds is 5. The Kier molecular flexibility index (Phi) is 4.25. The summed E-state index contributed by atoms with van der Waals surface area (Å²) in [6.07, 6.45) is 0. The second kappa shape index (κ2) is 5.32. The van der Waals surface area contributed by atoms with Crippen LogP contribution in [0.5, 0.6) is 0 Å². The Hall–Kier alpha value is -1.67. The molecule has 6 nitrogen and oxygen atoms in total. The molecule has 0 aliphatic rings. The predicted octanol–water partition coefficient (Wildman–Crippen LogP) is -0.0962. The van der Waals surface area contributed by atoms with Gasteiger partial charge in [-0.05, 0) is 12.1 Å². The molecule has 18 heavy (non-hydrogen) atoms. The van der Waals surface area contributed by atoms with Crippen LogP contribution in [0.1, 0.15) is 6.92 Å². The number of halogens is 1. The first kappa shape index (κ1) is 14.4. The Bertz CT molecular complexity index is 539. The first-order valence-electron chi connectivity index (χ1n) is 5.13. The van der Waals surface area contributed by atoms with Gasteiger partial charge in [-0.25, -0.2) is 12.8 Å². The lowest BCUT2D eigenvalue weighted by atomic mass is 10.3. The van der Waals surface area contributed by atoms with Crippen LogP contribution in [-0.2, 0) is 14.8 Å². The number of nitrogens with zero attached hydrogens (tertiary/aromatic N) is 1. The van der Waals surface area contributed by atoms with Crippen molar-refractivity contribution in [2.24, 2.45) is 5.73 Å². The number of sulfonamides is 1. The summed E-state index contributed by atoms with van der Waals surface area (Å²) in [6, 6.07) is 3.56. The number of anilines is 1. The topological polar surface area (TPSA) is 106 Å². The van der Waals surface area contributed by atoms with Crippen molar-refractivity contribution in [2.45, 2.75) is 11.8 Å². The Morgan fingerprint density at radius 3 is 2.50 bits per heavy atom. The van der Waals surface area contributed by atoms with Crippen molar-refractivity contribution in [3.05, 3.63) is 24.0 Å². The fourth-order valence-electron chi connectivity index (χ4n) is 1.47. The summed E-state index contributed by atoms with van der Waals surface area (Å²) in [7, 11) is -4.18. The molecule has 0 spiro atoms. The van der Waals surface area contributed by atoms with Gasteiger partial charge in [0.05, 0.1) is 12.2 Å². The van der Waals surface area contributed by atoms with E-state index >= 15 is 0 Å². The molecule has 0 aliphatic heterocycles. The van der Waals surface area contributed by atoms with Crippen LogP contribution in [0.15, 0.2) is 23.1 Å². The third kappa shape index (κ3) is 2.77. The summed E-state index contributed by atoms with van der Waals surface area (Å²) >= 11 is 0. The standard InChI is InChI=1S/C10H14FN3O3S/c1-2-14(6-9(13)15)18(16,17)10-7(11)4-3-5-8(10)12/h3-5H,2,6,12H2,1H3,(H2,13,15). The molecule has 0 aromatic heterocycles. The highest BCUT2D eigenvalue weighted by atomic mass is 32.2. The highest BCUT2D eigenvalue weighted by Crippen LogP contribution is 2.24. The van der Waals surface area contributed by atoms with Crippen LogP contribution in [0, 0.1) is 5.82 Å². The number of nitrogens with two attached hydrogens (primary N) is 2. The lowest BCUT2D eigenvalue weighted by molar-refractivity contribution is -0.118. The normalized spacial score (nSPS) is 11.7. The third-order valence-corrected chi connectivity index (χ3v) is 4.29. The van der Waals surface area contributed by atoms with Crippen molar-refractivity contribution in [1.82, 2.24) is 4.31 Å². The number of hydrogen-bond donors (Lipinski definition) is 2. The molecule has 0 atom stereocenters. The molecule has 100 valence electrons. The maximum absolute atomic E-state index is 13.6. The maximum Gasteiger partial charge on any atom is 0.248 e. The fraction of sp³-hybridized carbons (Fsp3) is 0.300. The van der Waals surface area contributed by atoms with E-state index in [-0.39, 0.29) is 12.2 Å². The largest absolute Gasteiger partial charge is 0.398 e. The Labute approximate surface area is 104 Å². The molecule has 1 aromatic rings. The number of carbonyl (C=O) groups excluding carboxylic acids is 1. The molecule has 1 rings (SSSR count). The van der Waals surface area contributed by atoms with E-state index in [1.807, 2.05) is 0 Å². The number of primary amides is 1. The van der Waals surface area contributed by atoms with Crippen molar-refractivity contribution >= 4 is 21.6 Å². The predicted molar refractivity (Wildman–Crippen MR) is 64.4 cm³/mol. The number of hydrogen-bond acceptors (Lipinski definition) is 4. The first-order chi connectivity index (χ1) is 8.30. The molecule has 1 aromatic carbocycles. The van der Waals surface area contributed by atoms with E-state index in [0.29, 0.717) is 0 Å². The molecule has 0 bridgehead atoms. The average Bonchev–Trinajstić information content (AvgIpc) is 2.24. The molecule has 0 fully saturated rings. The zero-order valence-electron chi connectivity index (χ0n) is 9.76. The highest BCUT2D eigenvalue weighted by molar-refractivity contribution is 7.89. The monoisotopic (exact) mass is 275 g/mol. The van der Waals surface area contributed by atoms with E-state index in [1.54, 1.807) is 0 Å². The quantitative estimate of drug-likeness (QED) is 0.732. The van der Waals surface area contributed by atoms with Crippen LogP contribution in [0.2, 0.25) is 0 Å². The second-order valence-electron chi connectivity index (χ2n) is 3.56.